The molecule has 4 rings (SSSR count). The average molecular weight is 290 g/mol. The van der Waals surface area contributed by atoms with Crippen molar-refractivity contribution in [1.29, 1.82) is 0 Å². The maximum atomic E-state index is 5.29. The van der Waals surface area contributed by atoms with E-state index in [4.69, 9.17) is 4.74 Å². The highest BCUT2D eigenvalue weighted by Gasteiger charge is 2.23. The molecule has 0 aliphatic heterocycles. The molecule has 0 N–H and O–H groups in total. The number of benzene rings is 2. The molecule has 0 aromatic heterocycles. The van der Waals surface area contributed by atoms with Gasteiger partial charge in [-0.25, -0.2) is 0 Å². The fourth-order valence-electron chi connectivity index (χ4n) is 3.98. The number of fused-ring (bicyclic) bond motifs is 3. The quantitative estimate of drug-likeness (QED) is 0.745. The SMILES string of the molecule is COc1ccc(C2CC=Cc3c2ccc2c3CCCC2)cc1. The molecule has 0 bridgehead atoms. The molecule has 0 radical (unpaired) electrons. The van der Waals surface area contributed by atoms with Crippen molar-refractivity contribution >= 4 is 6.08 Å². The molecule has 1 nitrogen and oxygen atoms in total. The third-order valence-electron chi connectivity index (χ3n) is 5.16. The van der Waals surface area contributed by atoms with E-state index in [1.54, 1.807) is 18.2 Å². The van der Waals surface area contributed by atoms with E-state index in [1.807, 2.05) is 0 Å². The minimum Gasteiger partial charge on any atom is -0.497 e. The lowest BCUT2D eigenvalue weighted by molar-refractivity contribution is 0.414. The van der Waals surface area contributed by atoms with E-state index in [0.29, 0.717) is 5.92 Å². The van der Waals surface area contributed by atoms with E-state index >= 15 is 0 Å². The van der Waals surface area contributed by atoms with Crippen LogP contribution < -0.4 is 4.74 Å². The Morgan fingerprint density at radius 2 is 1.77 bits per heavy atom. The van der Waals surface area contributed by atoms with Crippen LogP contribution >= 0.6 is 0 Å². The molecule has 1 heteroatoms. The topological polar surface area (TPSA) is 9.23 Å². The Balaban J connectivity index is 1.77. The molecular formula is C21H22O. The van der Waals surface area contributed by atoms with Crippen molar-refractivity contribution in [2.24, 2.45) is 0 Å². The zero-order valence-corrected chi connectivity index (χ0v) is 13.1. The van der Waals surface area contributed by atoms with Crippen LogP contribution in [0.3, 0.4) is 0 Å². The predicted molar refractivity (Wildman–Crippen MR) is 91.6 cm³/mol. The van der Waals surface area contributed by atoms with Crippen LogP contribution in [0.1, 0.15) is 53.0 Å². The largest absolute Gasteiger partial charge is 0.497 e. The molecule has 0 saturated heterocycles. The minimum atomic E-state index is 0.484. The van der Waals surface area contributed by atoms with Crippen molar-refractivity contribution in [1.82, 2.24) is 0 Å². The van der Waals surface area contributed by atoms with E-state index in [9.17, 15) is 0 Å². The summed E-state index contributed by atoms with van der Waals surface area (Å²) < 4.78 is 5.29. The van der Waals surface area contributed by atoms with Crippen molar-refractivity contribution < 1.29 is 4.74 Å². The highest BCUT2D eigenvalue weighted by molar-refractivity contribution is 5.65. The van der Waals surface area contributed by atoms with Crippen molar-refractivity contribution in [3.8, 4) is 5.75 Å². The number of aryl methyl sites for hydroxylation is 1. The first-order valence-electron chi connectivity index (χ1n) is 8.32. The molecule has 1 atom stereocenters. The van der Waals surface area contributed by atoms with E-state index in [-0.39, 0.29) is 0 Å². The second-order valence-corrected chi connectivity index (χ2v) is 6.38. The summed E-state index contributed by atoms with van der Waals surface area (Å²) in [4.78, 5) is 0. The highest BCUT2D eigenvalue weighted by Crippen LogP contribution is 2.39. The van der Waals surface area contributed by atoms with Gasteiger partial charge in [-0.05, 0) is 72.1 Å². The summed E-state index contributed by atoms with van der Waals surface area (Å²) in [5, 5.41) is 0. The van der Waals surface area contributed by atoms with Crippen LogP contribution in [0.4, 0.5) is 0 Å². The van der Waals surface area contributed by atoms with Gasteiger partial charge in [0.05, 0.1) is 7.11 Å². The standard InChI is InChI=1S/C21H22O/c1-22-17-12-9-16(10-13-17)19-7-4-8-20-18-6-3-2-5-15(18)11-14-21(19)20/h4,8-14,19H,2-3,5-7H2,1H3. The molecule has 2 aliphatic carbocycles. The summed E-state index contributed by atoms with van der Waals surface area (Å²) in [7, 11) is 1.72. The number of hydrogen-bond acceptors (Lipinski definition) is 1. The smallest absolute Gasteiger partial charge is 0.118 e. The van der Waals surface area contributed by atoms with E-state index in [1.165, 1.54) is 42.4 Å². The number of allylic oxidation sites excluding steroid dienone is 1. The molecule has 0 amide bonds. The van der Waals surface area contributed by atoms with Crippen molar-refractivity contribution in [2.75, 3.05) is 7.11 Å². The van der Waals surface area contributed by atoms with Crippen LogP contribution in [0.25, 0.3) is 6.08 Å². The highest BCUT2D eigenvalue weighted by atomic mass is 16.5. The van der Waals surface area contributed by atoms with Gasteiger partial charge in [-0.2, -0.15) is 0 Å². The molecule has 0 spiro atoms. The minimum absolute atomic E-state index is 0.484. The van der Waals surface area contributed by atoms with Crippen molar-refractivity contribution in [2.45, 2.75) is 38.0 Å². The first-order chi connectivity index (χ1) is 10.9. The summed E-state index contributed by atoms with van der Waals surface area (Å²) >= 11 is 0. The van der Waals surface area contributed by atoms with Crippen molar-refractivity contribution in [3.05, 3.63) is 70.3 Å². The molecule has 22 heavy (non-hydrogen) atoms. The van der Waals surface area contributed by atoms with E-state index < -0.39 is 0 Å². The Morgan fingerprint density at radius 1 is 0.955 bits per heavy atom. The van der Waals surface area contributed by atoms with Gasteiger partial charge in [0, 0.05) is 5.92 Å². The average Bonchev–Trinajstić information content (AvgIpc) is 2.61. The fourth-order valence-corrected chi connectivity index (χ4v) is 3.98. The van der Waals surface area contributed by atoms with Gasteiger partial charge >= 0.3 is 0 Å². The van der Waals surface area contributed by atoms with E-state index in [2.05, 4.69) is 48.6 Å². The van der Waals surface area contributed by atoms with Gasteiger partial charge in [0.2, 0.25) is 0 Å². The molecule has 2 aromatic rings. The second kappa shape index (κ2) is 5.64. The van der Waals surface area contributed by atoms with Crippen LogP contribution in [0.2, 0.25) is 0 Å². The summed E-state index contributed by atoms with van der Waals surface area (Å²) in [6.07, 6.45) is 11.0. The van der Waals surface area contributed by atoms with Gasteiger partial charge in [-0.15, -0.1) is 0 Å². The maximum Gasteiger partial charge on any atom is 0.118 e. The Kier molecular flexibility index (Phi) is 3.49. The normalized spacial score (nSPS) is 19.4. The lowest BCUT2D eigenvalue weighted by atomic mass is 9.77. The molecule has 0 fully saturated rings. The first kappa shape index (κ1) is 13.6. The van der Waals surface area contributed by atoms with Crippen LogP contribution in [0, 0.1) is 0 Å². The van der Waals surface area contributed by atoms with Crippen LogP contribution in [0.15, 0.2) is 42.5 Å². The maximum absolute atomic E-state index is 5.29. The molecule has 0 heterocycles. The molecule has 2 aromatic carbocycles. The summed E-state index contributed by atoms with van der Waals surface area (Å²) in [6.45, 7) is 0. The zero-order valence-electron chi connectivity index (χ0n) is 13.1. The van der Waals surface area contributed by atoms with Gasteiger partial charge in [-0.1, -0.05) is 36.4 Å². The summed E-state index contributed by atoms with van der Waals surface area (Å²) in [6, 6.07) is 13.3. The predicted octanol–water partition coefficient (Wildman–Crippen LogP) is 5.12. The van der Waals surface area contributed by atoms with Gasteiger partial charge in [0.1, 0.15) is 5.75 Å². The summed E-state index contributed by atoms with van der Waals surface area (Å²) in [5.41, 5.74) is 7.59. The number of rotatable bonds is 2. The monoisotopic (exact) mass is 290 g/mol. The molecule has 2 aliphatic rings. The number of methoxy groups -OCH3 is 1. The van der Waals surface area contributed by atoms with Crippen molar-refractivity contribution in [3.63, 3.8) is 0 Å². The third kappa shape index (κ3) is 2.25. The zero-order chi connectivity index (χ0) is 14.9. The molecular weight excluding hydrogens is 268 g/mol. The Bertz CT molecular complexity index is 709. The van der Waals surface area contributed by atoms with Gasteiger partial charge < -0.3 is 4.74 Å². The number of ether oxygens (including phenoxy) is 1. The third-order valence-corrected chi connectivity index (χ3v) is 5.16. The Hall–Kier alpha value is -2.02. The Labute approximate surface area is 132 Å². The van der Waals surface area contributed by atoms with Crippen LogP contribution in [-0.4, -0.2) is 7.11 Å². The lowest BCUT2D eigenvalue weighted by Crippen LogP contribution is -2.12. The van der Waals surface area contributed by atoms with Gasteiger partial charge in [-0.3, -0.25) is 0 Å². The first-order valence-corrected chi connectivity index (χ1v) is 8.32. The number of hydrogen-bond donors (Lipinski definition) is 0. The summed E-state index contributed by atoms with van der Waals surface area (Å²) in [5.74, 6) is 1.42. The van der Waals surface area contributed by atoms with E-state index in [0.717, 1.165) is 12.2 Å². The second-order valence-electron chi connectivity index (χ2n) is 6.38. The van der Waals surface area contributed by atoms with Crippen LogP contribution in [0.5, 0.6) is 5.75 Å². The lowest BCUT2D eigenvalue weighted by Gasteiger charge is -2.27. The molecule has 1 unspecified atom stereocenters. The Morgan fingerprint density at radius 3 is 2.59 bits per heavy atom. The van der Waals surface area contributed by atoms with Crippen LogP contribution in [-0.2, 0) is 12.8 Å². The molecule has 112 valence electrons. The van der Waals surface area contributed by atoms with Gasteiger partial charge in [0.25, 0.3) is 0 Å². The molecule has 0 saturated carbocycles. The van der Waals surface area contributed by atoms with Gasteiger partial charge in [0.15, 0.2) is 0 Å². The fraction of sp³-hybridized carbons (Fsp3) is 0.333.